The second-order valence-electron chi connectivity index (χ2n) is 2.97. The molecule has 1 rings (SSSR count). The molecule has 1 aromatic carbocycles. The molecule has 1 atom stereocenters. The highest BCUT2D eigenvalue weighted by atomic mass is 16.5. The zero-order chi connectivity index (χ0) is 10.9. The van der Waals surface area contributed by atoms with E-state index in [0.29, 0.717) is 13.2 Å². The van der Waals surface area contributed by atoms with Crippen molar-refractivity contribution < 1.29 is 9.47 Å². The van der Waals surface area contributed by atoms with Gasteiger partial charge < -0.3 is 15.2 Å². The van der Waals surface area contributed by atoms with Crippen LogP contribution in [0.15, 0.2) is 30.3 Å². The number of para-hydroxylation sites is 1. The first-order valence-corrected chi connectivity index (χ1v) is 4.73. The molecule has 0 aliphatic carbocycles. The zero-order valence-electron chi connectivity index (χ0n) is 8.43. The smallest absolute Gasteiger partial charge is 0.119 e. The van der Waals surface area contributed by atoms with Crippen molar-refractivity contribution in [2.45, 2.75) is 6.04 Å². The number of nitrogens with zero attached hydrogens (tertiary/aromatic N) is 1. The predicted octanol–water partition coefficient (Wildman–Crippen LogP) is 0.933. The Kier molecular flexibility index (Phi) is 5.23. The van der Waals surface area contributed by atoms with Gasteiger partial charge in [-0.15, -0.1) is 0 Å². The van der Waals surface area contributed by atoms with Crippen LogP contribution in [0.3, 0.4) is 0 Å². The standard InChI is InChI=1S/C11H14N2O2/c12-8-10(13)9-14-6-7-15-11-4-2-1-3-5-11/h1-5,10H,6-7,9,13H2. The van der Waals surface area contributed by atoms with Crippen molar-refractivity contribution in [1.29, 1.82) is 5.26 Å². The maximum Gasteiger partial charge on any atom is 0.119 e. The van der Waals surface area contributed by atoms with Gasteiger partial charge in [0.2, 0.25) is 0 Å². The van der Waals surface area contributed by atoms with E-state index in [1.807, 2.05) is 36.4 Å². The van der Waals surface area contributed by atoms with Gasteiger partial charge >= 0.3 is 0 Å². The Hall–Kier alpha value is -1.57. The Morgan fingerprint density at radius 1 is 1.27 bits per heavy atom. The van der Waals surface area contributed by atoms with E-state index in [4.69, 9.17) is 20.5 Å². The molecular weight excluding hydrogens is 192 g/mol. The van der Waals surface area contributed by atoms with Crippen LogP contribution in [0.1, 0.15) is 0 Å². The molecule has 0 amide bonds. The average molecular weight is 206 g/mol. The van der Waals surface area contributed by atoms with Gasteiger partial charge in [0.25, 0.3) is 0 Å². The Labute approximate surface area is 89.2 Å². The molecule has 4 nitrogen and oxygen atoms in total. The van der Waals surface area contributed by atoms with Gasteiger partial charge in [-0.1, -0.05) is 18.2 Å². The number of benzene rings is 1. The topological polar surface area (TPSA) is 68.3 Å². The van der Waals surface area contributed by atoms with Crippen molar-refractivity contribution >= 4 is 0 Å². The lowest BCUT2D eigenvalue weighted by molar-refractivity contribution is 0.0977. The van der Waals surface area contributed by atoms with E-state index in [9.17, 15) is 0 Å². The summed E-state index contributed by atoms with van der Waals surface area (Å²) in [7, 11) is 0. The molecule has 15 heavy (non-hydrogen) atoms. The normalized spacial score (nSPS) is 11.7. The van der Waals surface area contributed by atoms with Crippen molar-refractivity contribution in [3.63, 3.8) is 0 Å². The van der Waals surface area contributed by atoms with Gasteiger partial charge in [-0.05, 0) is 12.1 Å². The summed E-state index contributed by atoms with van der Waals surface area (Å²) in [4.78, 5) is 0. The third-order valence-corrected chi connectivity index (χ3v) is 1.70. The van der Waals surface area contributed by atoms with Crippen molar-refractivity contribution in [3.05, 3.63) is 30.3 Å². The molecule has 0 fully saturated rings. The Bertz CT molecular complexity index is 308. The van der Waals surface area contributed by atoms with E-state index >= 15 is 0 Å². The van der Waals surface area contributed by atoms with E-state index < -0.39 is 6.04 Å². The molecule has 2 N–H and O–H groups in total. The van der Waals surface area contributed by atoms with Crippen LogP contribution in [-0.4, -0.2) is 25.9 Å². The van der Waals surface area contributed by atoms with Crippen LogP contribution in [0.2, 0.25) is 0 Å². The minimum absolute atomic E-state index is 0.245. The lowest BCUT2D eigenvalue weighted by Crippen LogP contribution is -2.25. The Balaban J connectivity index is 2.06. The number of rotatable bonds is 6. The molecule has 0 saturated carbocycles. The molecule has 0 saturated heterocycles. The highest BCUT2D eigenvalue weighted by Crippen LogP contribution is 2.07. The molecule has 0 aromatic heterocycles. The molecule has 80 valence electrons. The maximum absolute atomic E-state index is 8.38. The molecule has 0 spiro atoms. The van der Waals surface area contributed by atoms with Crippen LogP contribution in [0.4, 0.5) is 0 Å². The van der Waals surface area contributed by atoms with Crippen molar-refractivity contribution in [2.24, 2.45) is 5.73 Å². The Morgan fingerprint density at radius 2 is 2.00 bits per heavy atom. The second kappa shape index (κ2) is 6.82. The number of ether oxygens (including phenoxy) is 2. The highest BCUT2D eigenvalue weighted by molar-refractivity contribution is 5.20. The quantitative estimate of drug-likeness (QED) is 0.703. The van der Waals surface area contributed by atoms with Gasteiger partial charge in [-0.25, -0.2) is 0 Å². The van der Waals surface area contributed by atoms with Gasteiger partial charge in [0.05, 0.1) is 19.3 Å². The van der Waals surface area contributed by atoms with Crippen molar-refractivity contribution in [2.75, 3.05) is 19.8 Å². The minimum Gasteiger partial charge on any atom is -0.491 e. The largest absolute Gasteiger partial charge is 0.491 e. The second-order valence-corrected chi connectivity index (χ2v) is 2.97. The molecule has 1 aromatic rings. The number of hydrogen-bond donors (Lipinski definition) is 1. The van der Waals surface area contributed by atoms with Crippen LogP contribution < -0.4 is 10.5 Å². The van der Waals surface area contributed by atoms with Crippen LogP contribution >= 0.6 is 0 Å². The SMILES string of the molecule is N#CC(N)COCCOc1ccccc1. The molecule has 0 bridgehead atoms. The van der Waals surface area contributed by atoms with Crippen LogP contribution in [0.5, 0.6) is 5.75 Å². The van der Waals surface area contributed by atoms with Gasteiger partial charge in [-0.2, -0.15) is 5.26 Å². The molecule has 0 heterocycles. The van der Waals surface area contributed by atoms with Crippen molar-refractivity contribution in [1.82, 2.24) is 0 Å². The van der Waals surface area contributed by atoms with Crippen LogP contribution in [-0.2, 0) is 4.74 Å². The summed E-state index contributed by atoms with van der Waals surface area (Å²) >= 11 is 0. The monoisotopic (exact) mass is 206 g/mol. The molecule has 0 aliphatic heterocycles. The van der Waals surface area contributed by atoms with Gasteiger partial charge in [0.15, 0.2) is 0 Å². The number of nitrogens with two attached hydrogens (primary N) is 1. The van der Waals surface area contributed by atoms with Crippen LogP contribution in [0.25, 0.3) is 0 Å². The lowest BCUT2D eigenvalue weighted by atomic mass is 10.3. The third-order valence-electron chi connectivity index (χ3n) is 1.70. The third kappa shape index (κ3) is 5.01. The zero-order valence-corrected chi connectivity index (χ0v) is 8.43. The number of nitriles is 1. The fraction of sp³-hybridized carbons (Fsp3) is 0.364. The van der Waals surface area contributed by atoms with Crippen LogP contribution in [0, 0.1) is 11.3 Å². The lowest BCUT2D eigenvalue weighted by Gasteiger charge is -2.07. The fourth-order valence-electron chi connectivity index (χ4n) is 0.983. The highest BCUT2D eigenvalue weighted by Gasteiger charge is 1.98. The minimum atomic E-state index is -0.554. The molecule has 0 aliphatic rings. The summed E-state index contributed by atoms with van der Waals surface area (Å²) < 4.78 is 10.5. The first kappa shape index (κ1) is 11.5. The summed E-state index contributed by atoms with van der Waals surface area (Å²) in [6.45, 7) is 1.14. The molecule has 4 heteroatoms. The fourth-order valence-corrected chi connectivity index (χ4v) is 0.983. The van der Waals surface area contributed by atoms with E-state index in [1.54, 1.807) is 0 Å². The molecule has 0 radical (unpaired) electrons. The summed E-state index contributed by atoms with van der Waals surface area (Å²) in [5.41, 5.74) is 5.34. The predicted molar refractivity (Wildman–Crippen MR) is 56.3 cm³/mol. The van der Waals surface area contributed by atoms with E-state index in [0.717, 1.165) is 5.75 Å². The first-order chi connectivity index (χ1) is 7.33. The Morgan fingerprint density at radius 3 is 2.67 bits per heavy atom. The summed E-state index contributed by atoms with van der Waals surface area (Å²) in [6.07, 6.45) is 0. The van der Waals surface area contributed by atoms with E-state index in [2.05, 4.69) is 0 Å². The average Bonchev–Trinajstić information content (AvgIpc) is 2.29. The molecule has 1 unspecified atom stereocenters. The number of hydrogen-bond acceptors (Lipinski definition) is 4. The van der Waals surface area contributed by atoms with Gasteiger partial charge in [0, 0.05) is 0 Å². The van der Waals surface area contributed by atoms with Gasteiger partial charge in [-0.3, -0.25) is 0 Å². The van der Waals surface area contributed by atoms with Gasteiger partial charge in [0.1, 0.15) is 18.4 Å². The van der Waals surface area contributed by atoms with Crippen molar-refractivity contribution in [3.8, 4) is 11.8 Å². The first-order valence-electron chi connectivity index (χ1n) is 4.73. The summed E-state index contributed by atoms with van der Waals surface area (Å²) in [5, 5.41) is 8.38. The molecular formula is C11H14N2O2. The summed E-state index contributed by atoms with van der Waals surface area (Å²) in [6, 6.07) is 10.8. The van der Waals surface area contributed by atoms with E-state index in [1.165, 1.54) is 0 Å². The summed E-state index contributed by atoms with van der Waals surface area (Å²) in [5.74, 6) is 0.811. The maximum atomic E-state index is 8.38. The van der Waals surface area contributed by atoms with E-state index in [-0.39, 0.29) is 6.61 Å².